The van der Waals surface area contributed by atoms with Gasteiger partial charge in [-0.25, -0.2) is 9.98 Å². The van der Waals surface area contributed by atoms with Gasteiger partial charge in [-0.2, -0.15) is 23.1 Å². The van der Waals surface area contributed by atoms with Gasteiger partial charge in [0.1, 0.15) is 11.6 Å². The molecule has 0 aromatic carbocycles. The second-order valence-corrected chi connectivity index (χ2v) is 6.22. The lowest BCUT2D eigenvalue weighted by Gasteiger charge is -2.07. The number of Topliss-reactive ketones (excluding diaryl/α,β-unsaturated/α-hetero) is 1. The summed E-state index contributed by atoms with van der Waals surface area (Å²) < 4.78 is 38.4. The Morgan fingerprint density at radius 1 is 1.36 bits per heavy atom. The molecule has 0 aliphatic rings. The van der Waals surface area contributed by atoms with Crippen LogP contribution in [0.3, 0.4) is 0 Å². The Hall–Kier alpha value is -2.27. The Labute approximate surface area is 148 Å². The molecule has 132 valence electrons. The number of aromatic nitrogens is 3. The molecule has 0 amide bonds. The first-order valence-corrected chi connectivity index (χ1v) is 8.72. The quantitative estimate of drug-likeness (QED) is 0.363. The van der Waals surface area contributed by atoms with Crippen molar-refractivity contribution < 1.29 is 23.1 Å². The number of halogens is 3. The van der Waals surface area contributed by atoms with Crippen molar-refractivity contribution in [1.29, 1.82) is 0 Å². The summed E-state index contributed by atoms with van der Waals surface area (Å²) in [5.74, 6) is -2.86. The molecule has 0 unspecified atom stereocenters. The average Bonchev–Trinajstić information content (AvgIpc) is 3.07. The van der Waals surface area contributed by atoms with E-state index in [4.69, 9.17) is 0 Å². The van der Waals surface area contributed by atoms with E-state index in [-0.39, 0.29) is 10.8 Å². The molecule has 0 aliphatic carbocycles. The molecule has 0 saturated heterocycles. The minimum absolute atomic E-state index is 0.107. The number of aryl methyl sites for hydroxylation is 1. The van der Waals surface area contributed by atoms with Crippen LogP contribution in [-0.4, -0.2) is 44.5 Å². The highest BCUT2D eigenvalue weighted by Gasteiger charge is 2.41. The van der Waals surface area contributed by atoms with Crippen molar-refractivity contribution in [2.24, 2.45) is 4.99 Å². The van der Waals surface area contributed by atoms with Crippen molar-refractivity contribution in [3.05, 3.63) is 33.8 Å². The third-order valence-corrected chi connectivity index (χ3v) is 4.14. The van der Waals surface area contributed by atoms with E-state index in [0.717, 1.165) is 11.3 Å². The van der Waals surface area contributed by atoms with Crippen LogP contribution in [0.4, 0.5) is 19.1 Å². The fourth-order valence-electron chi connectivity index (χ4n) is 1.64. The maximum absolute atomic E-state index is 12.8. The highest BCUT2D eigenvalue weighted by atomic mass is 32.2. The van der Waals surface area contributed by atoms with Gasteiger partial charge in [0.15, 0.2) is 5.16 Å². The number of aliphatic imine (C=N–C) groups is 1. The molecule has 2 rings (SSSR count). The number of nitrogens with zero attached hydrogens (tertiary/aromatic N) is 4. The predicted molar refractivity (Wildman–Crippen MR) is 89.4 cm³/mol. The first-order valence-electron chi connectivity index (χ1n) is 6.61. The number of hydrogen-bond acceptors (Lipinski definition) is 8. The molecule has 11 heteroatoms. The highest BCUT2D eigenvalue weighted by molar-refractivity contribution is 7.98. The number of carbonyl (C=O) groups is 1. The van der Waals surface area contributed by atoms with E-state index in [1.165, 1.54) is 23.9 Å². The fourth-order valence-corrected chi connectivity index (χ4v) is 2.72. The molecule has 0 saturated carbocycles. The number of carbonyl (C=O) groups excluding carboxylic acids is 1. The van der Waals surface area contributed by atoms with Gasteiger partial charge in [0.25, 0.3) is 11.7 Å². The van der Waals surface area contributed by atoms with Crippen LogP contribution in [0, 0.1) is 6.92 Å². The number of ketones is 1. The van der Waals surface area contributed by atoms with Crippen LogP contribution in [0.5, 0.6) is 0 Å². The van der Waals surface area contributed by atoms with Crippen LogP contribution in [0.1, 0.15) is 10.7 Å². The number of thiophene rings is 1. The van der Waals surface area contributed by atoms with Crippen LogP contribution < -0.4 is 0 Å². The van der Waals surface area contributed by atoms with Gasteiger partial charge in [-0.3, -0.25) is 4.79 Å². The maximum atomic E-state index is 12.8. The van der Waals surface area contributed by atoms with E-state index in [0.29, 0.717) is 17.2 Å². The van der Waals surface area contributed by atoms with Crippen molar-refractivity contribution in [2.45, 2.75) is 18.3 Å². The predicted octanol–water partition coefficient (Wildman–Crippen LogP) is 3.77. The van der Waals surface area contributed by atoms with Gasteiger partial charge in [0, 0.05) is 6.21 Å². The molecular formula is C14H11F3N4O2S2. The molecule has 6 nitrogen and oxygen atoms in total. The summed E-state index contributed by atoms with van der Waals surface area (Å²) in [4.78, 5) is 27.2. The Balaban J connectivity index is 2.49. The third kappa shape index (κ3) is 4.86. The van der Waals surface area contributed by atoms with Crippen LogP contribution in [0.25, 0.3) is 5.76 Å². The molecule has 2 heterocycles. The van der Waals surface area contributed by atoms with Crippen molar-refractivity contribution in [3.8, 4) is 0 Å². The van der Waals surface area contributed by atoms with E-state index in [9.17, 15) is 23.1 Å². The number of hydrogen-bond donors (Lipinski definition) is 1. The summed E-state index contributed by atoms with van der Waals surface area (Å²) >= 11 is 2.19. The van der Waals surface area contributed by atoms with E-state index in [1.54, 1.807) is 18.6 Å². The summed E-state index contributed by atoms with van der Waals surface area (Å²) in [6, 6.07) is 2.92. The number of alkyl halides is 3. The summed E-state index contributed by atoms with van der Waals surface area (Å²) in [6.07, 6.45) is -2.83. The zero-order chi connectivity index (χ0) is 18.6. The summed E-state index contributed by atoms with van der Waals surface area (Å²) in [6.45, 7) is 1.57. The maximum Gasteiger partial charge on any atom is 0.455 e. The minimum atomic E-state index is -5.16. The van der Waals surface area contributed by atoms with Gasteiger partial charge in [-0.05, 0) is 24.6 Å². The van der Waals surface area contributed by atoms with Gasteiger partial charge in [-0.1, -0.05) is 17.8 Å². The van der Waals surface area contributed by atoms with Crippen LogP contribution >= 0.6 is 23.1 Å². The lowest BCUT2D eigenvalue weighted by atomic mass is 10.1. The van der Waals surface area contributed by atoms with Gasteiger partial charge in [0.2, 0.25) is 0 Å². The van der Waals surface area contributed by atoms with Crippen molar-refractivity contribution >= 4 is 46.8 Å². The zero-order valence-electron chi connectivity index (χ0n) is 12.9. The Bertz CT molecular complexity index is 833. The molecule has 0 fully saturated rings. The van der Waals surface area contributed by atoms with Crippen molar-refractivity contribution in [1.82, 2.24) is 15.0 Å². The van der Waals surface area contributed by atoms with Gasteiger partial charge >= 0.3 is 6.18 Å². The van der Waals surface area contributed by atoms with Crippen molar-refractivity contribution in [2.75, 3.05) is 6.26 Å². The van der Waals surface area contributed by atoms with E-state index < -0.39 is 23.3 Å². The molecule has 0 spiro atoms. The van der Waals surface area contributed by atoms with Crippen LogP contribution in [-0.2, 0) is 4.79 Å². The zero-order valence-corrected chi connectivity index (χ0v) is 14.5. The number of rotatable bonds is 5. The molecule has 0 aliphatic heterocycles. The monoisotopic (exact) mass is 388 g/mol. The lowest BCUT2D eigenvalue weighted by Crippen LogP contribution is -2.26. The summed E-state index contributed by atoms with van der Waals surface area (Å²) in [5.41, 5.74) is -0.987. The van der Waals surface area contributed by atoms with Gasteiger partial charge in [0.05, 0.1) is 10.5 Å². The standard InChI is InChI=1S/C14H11F3N4O2S2/c1-7-19-12(21-13(20-7)24-2)18-6-8(11(23)14(15,16)17)10(22)9-4-3-5-25-9/h3-6,22H,1-2H3/b10-8+,18-6+. The largest absolute Gasteiger partial charge is 0.506 e. The fraction of sp³-hybridized carbons (Fsp3) is 0.214. The summed E-state index contributed by atoms with van der Waals surface area (Å²) in [7, 11) is 0. The van der Waals surface area contributed by atoms with Gasteiger partial charge in [-0.15, -0.1) is 11.3 Å². The highest BCUT2D eigenvalue weighted by Crippen LogP contribution is 2.27. The number of allylic oxidation sites excluding steroid dienone is 1. The number of aliphatic hydroxyl groups is 1. The lowest BCUT2D eigenvalue weighted by molar-refractivity contribution is -0.165. The van der Waals surface area contributed by atoms with E-state index in [1.807, 2.05) is 0 Å². The van der Waals surface area contributed by atoms with E-state index >= 15 is 0 Å². The van der Waals surface area contributed by atoms with Crippen LogP contribution in [0.2, 0.25) is 0 Å². The SMILES string of the molecule is CSc1nc(C)nc(/N=C/C(C(=O)C(F)(F)F)=C(\O)c2cccs2)n1. The molecule has 1 N–H and O–H groups in total. The first-order chi connectivity index (χ1) is 11.7. The molecule has 2 aromatic rings. The van der Waals surface area contributed by atoms with Gasteiger partial charge < -0.3 is 5.11 Å². The molecule has 2 aromatic heterocycles. The van der Waals surface area contributed by atoms with Crippen LogP contribution in [0.15, 0.2) is 33.2 Å². The number of aliphatic hydroxyl groups excluding tert-OH is 1. The molecule has 0 radical (unpaired) electrons. The second-order valence-electron chi connectivity index (χ2n) is 4.49. The molecule has 25 heavy (non-hydrogen) atoms. The molecule has 0 atom stereocenters. The Kier molecular flexibility index (Phi) is 5.90. The smallest absolute Gasteiger partial charge is 0.455 e. The van der Waals surface area contributed by atoms with Crippen molar-refractivity contribution in [3.63, 3.8) is 0 Å². The molecular weight excluding hydrogens is 377 g/mol. The normalized spacial score (nSPS) is 13.2. The topological polar surface area (TPSA) is 88.3 Å². The first kappa shape index (κ1) is 19.1. The minimum Gasteiger partial charge on any atom is -0.506 e. The molecule has 0 bridgehead atoms. The second kappa shape index (κ2) is 7.74. The average molecular weight is 388 g/mol. The van der Waals surface area contributed by atoms with E-state index in [2.05, 4.69) is 19.9 Å². The third-order valence-electron chi connectivity index (χ3n) is 2.72. The number of thioether (sulfide) groups is 1. The summed E-state index contributed by atoms with van der Waals surface area (Å²) in [5, 5.41) is 11.9. The Morgan fingerprint density at radius 3 is 2.64 bits per heavy atom. The Morgan fingerprint density at radius 2 is 2.08 bits per heavy atom.